The molecule has 0 saturated heterocycles. The molecule has 0 aliphatic carbocycles. The van der Waals surface area contributed by atoms with Crippen molar-refractivity contribution in [1.29, 1.82) is 0 Å². The minimum atomic E-state index is 0.00847. The van der Waals surface area contributed by atoms with Gasteiger partial charge < -0.3 is 0 Å². The number of nitrogens with zero attached hydrogens (tertiary/aromatic N) is 4. The van der Waals surface area contributed by atoms with Crippen LogP contribution in [0, 0.1) is 6.92 Å². The average molecular weight is 286 g/mol. The Bertz CT molecular complexity index is 589. The van der Waals surface area contributed by atoms with E-state index < -0.39 is 0 Å². The maximum Gasteiger partial charge on any atom is 0.204 e. The van der Waals surface area contributed by atoms with Crippen LogP contribution in [-0.2, 0) is 4.79 Å². The number of unbranched alkanes of at least 4 members (excludes halogenated alkanes) is 1. The smallest absolute Gasteiger partial charge is 0.204 e. The predicted molar refractivity (Wildman–Crippen MR) is 81.9 cm³/mol. The van der Waals surface area contributed by atoms with Gasteiger partial charge in [0.25, 0.3) is 0 Å². The number of benzene rings is 1. The van der Waals surface area contributed by atoms with E-state index in [1.165, 1.54) is 5.56 Å². The fraction of sp³-hybridized carbons (Fsp3) is 0.500. The van der Waals surface area contributed by atoms with Gasteiger partial charge in [0.1, 0.15) is 5.78 Å². The molecule has 112 valence electrons. The van der Waals surface area contributed by atoms with Crippen LogP contribution in [0.25, 0.3) is 11.4 Å². The third-order valence-corrected chi connectivity index (χ3v) is 3.48. The summed E-state index contributed by atoms with van der Waals surface area (Å²) in [6.45, 7) is 5.79. The highest BCUT2D eigenvalue weighted by Gasteiger charge is 2.17. The van der Waals surface area contributed by atoms with E-state index in [4.69, 9.17) is 0 Å². The zero-order valence-corrected chi connectivity index (χ0v) is 12.9. The Morgan fingerprint density at radius 1 is 1.29 bits per heavy atom. The summed E-state index contributed by atoms with van der Waals surface area (Å²) in [7, 11) is 0. The van der Waals surface area contributed by atoms with E-state index >= 15 is 0 Å². The molecule has 1 atom stereocenters. The number of Topliss-reactive ketones (excluding diaryl/α,β-unsaturated/α-hetero) is 1. The Kier molecular flexibility index (Phi) is 5.20. The average Bonchev–Trinajstić information content (AvgIpc) is 2.93. The van der Waals surface area contributed by atoms with Crippen LogP contribution in [0.1, 0.15) is 51.1 Å². The first-order valence-corrected chi connectivity index (χ1v) is 7.46. The van der Waals surface area contributed by atoms with Gasteiger partial charge in [-0.15, -0.1) is 10.2 Å². The summed E-state index contributed by atoms with van der Waals surface area (Å²) in [5.41, 5.74) is 2.15. The molecule has 0 amide bonds. The maximum atomic E-state index is 11.4. The van der Waals surface area contributed by atoms with E-state index in [-0.39, 0.29) is 11.8 Å². The number of hydrogen-bond donors (Lipinski definition) is 0. The van der Waals surface area contributed by atoms with Crippen molar-refractivity contribution in [3.05, 3.63) is 29.8 Å². The van der Waals surface area contributed by atoms with E-state index in [1.807, 2.05) is 31.2 Å². The van der Waals surface area contributed by atoms with Crippen molar-refractivity contribution in [2.75, 3.05) is 0 Å². The summed E-state index contributed by atoms with van der Waals surface area (Å²) in [4.78, 5) is 13.0. The lowest BCUT2D eigenvalue weighted by atomic mass is 10.1. The zero-order chi connectivity index (χ0) is 15.2. The maximum absolute atomic E-state index is 11.4. The largest absolute Gasteiger partial charge is 0.300 e. The number of tetrazole rings is 1. The lowest BCUT2D eigenvalue weighted by molar-refractivity contribution is -0.117. The van der Waals surface area contributed by atoms with Crippen molar-refractivity contribution in [1.82, 2.24) is 20.2 Å². The molecule has 1 aromatic carbocycles. The molecule has 0 unspecified atom stereocenters. The Morgan fingerprint density at radius 2 is 2.00 bits per heavy atom. The second-order valence-electron chi connectivity index (χ2n) is 5.50. The minimum absolute atomic E-state index is 0.00847. The normalized spacial score (nSPS) is 12.3. The monoisotopic (exact) mass is 286 g/mol. The van der Waals surface area contributed by atoms with Crippen molar-refractivity contribution >= 4 is 5.78 Å². The Balaban J connectivity index is 2.18. The molecule has 2 rings (SSSR count). The van der Waals surface area contributed by atoms with Crippen LogP contribution in [-0.4, -0.2) is 26.0 Å². The van der Waals surface area contributed by atoms with Crippen LogP contribution in [0.2, 0.25) is 0 Å². The second-order valence-corrected chi connectivity index (χ2v) is 5.50. The van der Waals surface area contributed by atoms with Gasteiger partial charge in [0.05, 0.1) is 6.04 Å². The van der Waals surface area contributed by atoms with Crippen molar-refractivity contribution < 1.29 is 4.79 Å². The molecule has 0 bridgehead atoms. The molecule has 0 aliphatic heterocycles. The Hall–Kier alpha value is -2.04. The molecule has 0 fully saturated rings. The lowest BCUT2D eigenvalue weighted by Crippen LogP contribution is -2.15. The number of aromatic nitrogens is 4. The van der Waals surface area contributed by atoms with Crippen LogP contribution < -0.4 is 0 Å². The minimum Gasteiger partial charge on any atom is -0.300 e. The molecular formula is C16H22N4O. The highest BCUT2D eigenvalue weighted by atomic mass is 16.1. The van der Waals surface area contributed by atoms with E-state index in [2.05, 4.69) is 22.3 Å². The lowest BCUT2D eigenvalue weighted by Gasteiger charge is -2.12. The first-order valence-electron chi connectivity index (χ1n) is 7.46. The van der Waals surface area contributed by atoms with Crippen molar-refractivity contribution in [3.8, 4) is 11.4 Å². The van der Waals surface area contributed by atoms with Gasteiger partial charge >= 0.3 is 0 Å². The molecule has 5 heteroatoms. The number of carbonyl (C=O) groups is 1. The van der Waals surface area contributed by atoms with Crippen molar-refractivity contribution in [2.45, 2.75) is 52.5 Å². The second kappa shape index (κ2) is 7.11. The van der Waals surface area contributed by atoms with Gasteiger partial charge in [0.15, 0.2) is 0 Å². The molecule has 21 heavy (non-hydrogen) atoms. The fourth-order valence-corrected chi connectivity index (χ4v) is 2.27. The number of aryl methyl sites for hydroxylation is 1. The van der Waals surface area contributed by atoms with E-state index in [0.29, 0.717) is 12.2 Å². The molecule has 5 nitrogen and oxygen atoms in total. The first-order chi connectivity index (χ1) is 10.1. The van der Waals surface area contributed by atoms with E-state index in [0.717, 1.165) is 24.8 Å². The summed E-state index contributed by atoms with van der Waals surface area (Å²) >= 11 is 0. The molecule has 0 aliphatic rings. The van der Waals surface area contributed by atoms with Gasteiger partial charge in [-0.2, -0.15) is 4.80 Å². The topological polar surface area (TPSA) is 60.7 Å². The van der Waals surface area contributed by atoms with Crippen LogP contribution in [0.15, 0.2) is 24.3 Å². The van der Waals surface area contributed by atoms with Crippen LogP contribution in [0.4, 0.5) is 0 Å². The zero-order valence-electron chi connectivity index (χ0n) is 12.9. The highest BCUT2D eigenvalue weighted by molar-refractivity contribution is 5.75. The van der Waals surface area contributed by atoms with Gasteiger partial charge in [-0.1, -0.05) is 49.6 Å². The SMILES string of the molecule is CCCC[C@@H](CC(C)=O)n1nnc(-c2ccc(C)cc2)n1. The number of ketones is 1. The van der Waals surface area contributed by atoms with Crippen LogP contribution in [0.5, 0.6) is 0 Å². The van der Waals surface area contributed by atoms with Crippen molar-refractivity contribution in [2.24, 2.45) is 0 Å². The third kappa shape index (κ3) is 4.21. The summed E-state index contributed by atoms with van der Waals surface area (Å²) in [6.07, 6.45) is 3.51. The molecule has 0 saturated carbocycles. The fourth-order valence-electron chi connectivity index (χ4n) is 2.27. The quantitative estimate of drug-likeness (QED) is 0.783. The molecular weight excluding hydrogens is 264 g/mol. The third-order valence-electron chi connectivity index (χ3n) is 3.48. The Labute approximate surface area is 125 Å². The van der Waals surface area contributed by atoms with Gasteiger partial charge in [-0.25, -0.2) is 0 Å². The summed E-state index contributed by atoms with van der Waals surface area (Å²) in [5.74, 6) is 0.769. The van der Waals surface area contributed by atoms with Gasteiger partial charge in [-0.3, -0.25) is 4.79 Å². The van der Waals surface area contributed by atoms with E-state index in [1.54, 1.807) is 11.7 Å². The Morgan fingerprint density at radius 3 is 2.62 bits per heavy atom. The number of hydrogen-bond acceptors (Lipinski definition) is 4. The number of rotatable bonds is 7. The summed E-state index contributed by atoms with van der Waals surface area (Å²) < 4.78 is 0. The van der Waals surface area contributed by atoms with Gasteiger partial charge in [0.2, 0.25) is 5.82 Å². The molecule has 1 heterocycles. The first kappa shape index (κ1) is 15.4. The molecule has 1 aromatic heterocycles. The molecule has 0 radical (unpaired) electrons. The van der Waals surface area contributed by atoms with Gasteiger partial charge in [-0.05, 0) is 25.5 Å². The van der Waals surface area contributed by atoms with E-state index in [9.17, 15) is 4.79 Å². The van der Waals surface area contributed by atoms with Gasteiger partial charge in [0, 0.05) is 12.0 Å². The standard InChI is InChI=1S/C16H22N4O/c1-4-5-6-15(11-13(3)21)20-18-16(17-19-20)14-9-7-12(2)8-10-14/h7-10,15H,4-6,11H2,1-3H3/t15-/m0/s1. The molecule has 2 aromatic rings. The summed E-state index contributed by atoms with van der Waals surface area (Å²) in [6, 6.07) is 8.04. The predicted octanol–water partition coefficient (Wildman–Crippen LogP) is 3.36. The molecule has 0 spiro atoms. The van der Waals surface area contributed by atoms with Crippen molar-refractivity contribution in [3.63, 3.8) is 0 Å². The number of carbonyl (C=O) groups excluding carboxylic acids is 1. The van der Waals surface area contributed by atoms with Crippen LogP contribution in [0.3, 0.4) is 0 Å². The van der Waals surface area contributed by atoms with Crippen LogP contribution >= 0.6 is 0 Å². The molecule has 0 N–H and O–H groups in total. The highest BCUT2D eigenvalue weighted by Crippen LogP contribution is 2.20. The summed E-state index contributed by atoms with van der Waals surface area (Å²) in [5, 5.41) is 12.7.